The Morgan fingerprint density at radius 1 is 1.05 bits per heavy atom. The van der Waals surface area contributed by atoms with Crippen LogP contribution in [0.1, 0.15) is 61.4 Å². The third-order valence-electron chi connectivity index (χ3n) is 7.67. The molecule has 1 N–H and O–H groups in total. The molecule has 2 heterocycles. The van der Waals surface area contributed by atoms with Crippen molar-refractivity contribution in [2.45, 2.75) is 72.1 Å². The van der Waals surface area contributed by atoms with Crippen LogP contribution in [0.15, 0.2) is 59.2 Å². The number of pyridine rings is 2. The lowest BCUT2D eigenvalue weighted by Gasteiger charge is -2.36. The molecule has 0 radical (unpaired) electrons. The molecule has 0 atom stereocenters. The maximum Gasteiger partial charge on any atom is 0.219 e. The van der Waals surface area contributed by atoms with Crippen molar-refractivity contribution in [1.29, 1.82) is 0 Å². The largest absolute Gasteiger partial charge is 0.473 e. The van der Waals surface area contributed by atoms with Crippen molar-refractivity contribution in [3.8, 4) is 5.88 Å². The first-order valence-corrected chi connectivity index (χ1v) is 14.7. The Kier molecular flexibility index (Phi) is 8.66. The van der Waals surface area contributed by atoms with E-state index in [4.69, 9.17) is 9.72 Å². The van der Waals surface area contributed by atoms with Crippen molar-refractivity contribution in [1.82, 2.24) is 9.97 Å². The average Bonchev–Trinajstić information content (AvgIpc) is 2.95. The Balaban J connectivity index is 1.47. The molecule has 1 fully saturated rings. The monoisotopic (exact) mass is 590 g/mol. The van der Waals surface area contributed by atoms with Crippen molar-refractivity contribution < 1.29 is 9.13 Å². The van der Waals surface area contributed by atoms with Crippen molar-refractivity contribution in [3.05, 3.63) is 87.4 Å². The van der Waals surface area contributed by atoms with E-state index in [1.54, 1.807) is 6.20 Å². The summed E-state index contributed by atoms with van der Waals surface area (Å²) < 4.78 is 22.4. The fourth-order valence-electron chi connectivity index (χ4n) is 5.72. The van der Waals surface area contributed by atoms with Crippen molar-refractivity contribution in [2.24, 2.45) is 0 Å². The molecule has 1 aliphatic carbocycles. The minimum Gasteiger partial charge on any atom is -0.473 e. The van der Waals surface area contributed by atoms with Crippen LogP contribution in [0.25, 0.3) is 10.8 Å². The number of nitrogens with one attached hydrogen (secondary N) is 1. The van der Waals surface area contributed by atoms with Crippen LogP contribution in [-0.2, 0) is 13.2 Å². The van der Waals surface area contributed by atoms with Gasteiger partial charge < -0.3 is 15.0 Å². The van der Waals surface area contributed by atoms with Crippen LogP contribution in [-0.4, -0.2) is 22.6 Å². The van der Waals surface area contributed by atoms with Gasteiger partial charge in [0, 0.05) is 47.4 Å². The summed E-state index contributed by atoms with van der Waals surface area (Å²) >= 11 is 3.51. The fourth-order valence-corrected chi connectivity index (χ4v) is 6.14. The summed E-state index contributed by atoms with van der Waals surface area (Å²) in [5.41, 5.74) is 4.74. The Morgan fingerprint density at radius 3 is 2.56 bits per heavy atom. The molecular weight excluding hydrogens is 555 g/mol. The van der Waals surface area contributed by atoms with Gasteiger partial charge in [0.15, 0.2) is 5.82 Å². The van der Waals surface area contributed by atoms with E-state index in [-0.39, 0.29) is 5.82 Å². The van der Waals surface area contributed by atoms with Crippen molar-refractivity contribution in [3.63, 3.8) is 0 Å². The lowest BCUT2D eigenvalue weighted by atomic mass is 9.93. The summed E-state index contributed by atoms with van der Waals surface area (Å²) in [6.45, 7) is 7.86. The summed E-state index contributed by atoms with van der Waals surface area (Å²) in [5.74, 6) is 1.12. The lowest BCUT2D eigenvalue weighted by Crippen LogP contribution is -2.37. The minimum absolute atomic E-state index is 0.206. The van der Waals surface area contributed by atoms with Gasteiger partial charge in [-0.3, -0.25) is 0 Å². The molecule has 2 aromatic heterocycles. The molecule has 0 amide bonds. The zero-order chi connectivity index (χ0) is 27.4. The molecule has 204 valence electrons. The third-order valence-corrected chi connectivity index (χ3v) is 8.24. The van der Waals surface area contributed by atoms with Crippen LogP contribution in [0.3, 0.4) is 0 Å². The number of rotatable bonds is 9. The van der Waals surface area contributed by atoms with E-state index in [1.165, 1.54) is 19.3 Å². The first-order chi connectivity index (χ1) is 19.0. The van der Waals surface area contributed by atoms with Crippen LogP contribution in [0.2, 0.25) is 0 Å². The van der Waals surface area contributed by atoms with Gasteiger partial charge in [0.25, 0.3) is 0 Å². The maximum atomic E-state index is 15.7. The number of anilines is 2. The number of halogens is 2. The second-order valence-corrected chi connectivity index (χ2v) is 11.2. The minimum atomic E-state index is -0.206. The number of ether oxygens (including phenoxy) is 1. The lowest BCUT2D eigenvalue weighted by molar-refractivity contribution is 0.290. The molecule has 2 aromatic carbocycles. The third kappa shape index (κ3) is 6.03. The first kappa shape index (κ1) is 27.4. The molecule has 1 saturated carbocycles. The van der Waals surface area contributed by atoms with Crippen LogP contribution in [0, 0.1) is 19.7 Å². The Hall–Kier alpha value is -3.19. The normalized spacial score (nSPS) is 14.0. The highest BCUT2D eigenvalue weighted by molar-refractivity contribution is 9.10. The van der Waals surface area contributed by atoms with Crippen molar-refractivity contribution >= 4 is 38.2 Å². The highest BCUT2D eigenvalue weighted by Gasteiger charge is 2.26. The number of hydrogen-bond acceptors (Lipinski definition) is 5. The Bertz CT molecular complexity index is 1440. The quantitative estimate of drug-likeness (QED) is 0.212. The van der Waals surface area contributed by atoms with Gasteiger partial charge in [-0.2, -0.15) is 0 Å². The summed E-state index contributed by atoms with van der Waals surface area (Å²) in [6.07, 6.45) is 7.62. The maximum absolute atomic E-state index is 15.7. The van der Waals surface area contributed by atoms with Gasteiger partial charge in [0.05, 0.1) is 10.2 Å². The number of fused-ring (bicyclic) bond motifs is 1. The molecule has 4 aromatic rings. The van der Waals surface area contributed by atoms with E-state index in [9.17, 15) is 0 Å². The van der Waals surface area contributed by atoms with Gasteiger partial charge in [-0.15, -0.1) is 0 Å². The predicted octanol–water partition coefficient (Wildman–Crippen LogP) is 8.50. The van der Waals surface area contributed by atoms with E-state index < -0.39 is 0 Å². The van der Waals surface area contributed by atoms with Crippen LogP contribution >= 0.6 is 15.9 Å². The zero-order valence-corrected chi connectivity index (χ0v) is 24.5. The second kappa shape index (κ2) is 12.3. The predicted molar refractivity (Wildman–Crippen MR) is 161 cm³/mol. The molecule has 0 bridgehead atoms. The molecule has 0 spiro atoms. The van der Waals surface area contributed by atoms with Gasteiger partial charge in [0.1, 0.15) is 12.4 Å². The highest BCUT2D eigenvalue weighted by atomic mass is 79.9. The van der Waals surface area contributed by atoms with Gasteiger partial charge >= 0.3 is 0 Å². The Labute approximate surface area is 238 Å². The number of aromatic nitrogens is 2. The fraction of sp³-hybridized carbons (Fsp3) is 0.375. The van der Waals surface area contributed by atoms with E-state index in [0.29, 0.717) is 41.1 Å². The molecule has 7 heteroatoms. The SMILES string of the molecule is CCN(c1c(F)c(Br)cc2c(NCc3c(C)cc(C)nc3OCc3ccccc3)nccc12)C1CCCCC1. The average molecular weight is 592 g/mol. The van der Waals surface area contributed by atoms with Gasteiger partial charge in [-0.1, -0.05) is 49.6 Å². The molecular formula is C32H36BrFN4O. The van der Waals surface area contributed by atoms with Gasteiger partial charge in [0.2, 0.25) is 5.88 Å². The number of benzene rings is 2. The Morgan fingerprint density at radius 2 is 1.82 bits per heavy atom. The number of aryl methyl sites for hydroxylation is 2. The smallest absolute Gasteiger partial charge is 0.219 e. The second-order valence-electron chi connectivity index (χ2n) is 10.3. The number of nitrogens with zero attached hydrogens (tertiary/aromatic N) is 3. The zero-order valence-electron chi connectivity index (χ0n) is 22.9. The summed E-state index contributed by atoms with van der Waals surface area (Å²) in [5, 5.41) is 5.28. The molecule has 5 rings (SSSR count). The van der Waals surface area contributed by atoms with Gasteiger partial charge in [-0.05, 0) is 78.9 Å². The molecule has 5 nitrogen and oxygen atoms in total. The number of hydrogen-bond donors (Lipinski definition) is 1. The summed E-state index contributed by atoms with van der Waals surface area (Å²) in [6, 6.07) is 16.3. The van der Waals surface area contributed by atoms with Gasteiger partial charge in [-0.25, -0.2) is 14.4 Å². The highest BCUT2D eigenvalue weighted by Crippen LogP contribution is 2.40. The van der Waals surface area contributed by atoms with E-state index in [1.807, 2.05) is 49.4 Å². The summed E-state index contributed by atoms with van der Waals surface area (Å²) in [4.78, 5) is 11.6. The van der Waals surface area contributed by atoms with Crippen molar-refractivity contribution in [2.75, 3.05) is 16.8 Å². The molecule has 39 heavy (non-hydrogen) atoms. The van der Waals surface area contributed by atoms with Crippen LogP contribution in [0.5, 0.6) is 5.88 Å². The topological polar surface area (TPSA) is 50.3 Å². The van der Waals surface area contributed by atoms with Crippen LogP contribution in [0.4, 0.5) is 15.9 Å². The molecule has 1 aliphatic rings. The van der Waals surface area contributed by atoms with E-state index in [0.717, 1.165) is 52.5 Å². The van der Waals surface area contributed by atoms with E-state index >= 15 is 4.39 Å². The van der Waals surface area contributed by atoms with E-state index in [2.05, 4.69) is 51.0 Å². The summed E-state index contributed by atoms with van der Waals surface area (Å²) in [7, 11) is 0. The van der Waals surface area contributed by atoms with Crippen LogP contribution < -0.4 is 15.0 Å². The molecule has 0 unspecified atom stereocenters. The first-order valence-electron chi connectivity index (χ1n) is 13.9. The standard InChI is InChI=1S/C32H36BrFN4O/c1-4-38(24-13-9-6-10-14-24)30-25-15-16-35-31(26(25)18-28(33)29(30)34)36-19-27-21(2)17-22(3)37-32(27)39-20-23-11-7-5-8-12-23/h5,7-8,11-12,15-18,24H,4,6,9-10,13-14,19-20H2,1-3H3,(H,35,36). The molecule has 0 aliphatic heterocycles. The molecule has 0 saturated heterocycles.